The van der Waals surface area contributed by atoms with Gasteiger partial charge in [-0.1, -0.05) is 52.5 Å². The zero-order chi connectivity index (χ0) is 35.0. The first-order valence-corrected chi connectivity index (χ1v) is 16.4. The summed E-state index contributed by atoms with van der Waals surface area (Å²) < 4.78 is 39.4. The van der Waals surface area contributed by atoms with Crippen molar-refractivity contribution in [2.75, 3.05) is 13.7 Å². The molecule has 1 aromatic rings. The first-order valence-electron chi connectivity index (χ1n) is 16.8. The maximum Gasteiger partial charge on any atom is 0.337 e. The van der Waals surface area contributed by atoms with Gasteiger partial charge in [-0.05, 0) is 55.7 Å². The Morgan fingerprint density at radius 1 is 1.26 bits per heavy atom. The van der Waals surface area contributed by atoms with Gasteiger partial charge in [-0.15, -0.1) is 0 Å². The second-order valence-electron chi connectivity index (χ2n) is 14.7. The number of aliphatic hydroxyl groups is 2. The zero-order valence-electron chi connectivity index (χ0n) is 29.4. The lowest BCUT2D eigenvalue weighted by molar-refractivity contribution is -0.306. The maximum absolute atomic E-state index is 13.9. The van der Waals surface area contributed by atoms with E-state index in [9.17, 15) is 14.7 Å². The molecule has 3 N–H and O–H groups in total. The van der Waals surface area contributed by atoms with Crippen LogP contribution in [0.3, 0.4) is 0 Å². The molecule has 2 saturated heterocycles. The number of aliphatic hydroxyl groups excluding tert-OH is 1. The number of hydrogen-bond donors (Lipinski definition) is 3. The number of nitrogens with one attached hydrogen (secondary N) is 1. The summed E-state index contributed by atoms with van der Waals surface area (Å²) in [6.07, 6.45) is 2.56. The molecule has 6 rings (SSSR count). The Morgan fingerprint density at radius 2 is 2.00 bits per heavy atom. The van der Waals surface area contributed by atoms with Gasteiger partial charge in [0.05, 0.1) is 23.9 Å². The maximum atomic E-state index is 13.9. The smallest absolute Gasteiger partial charge is 0.337 e. The minimum atomic E-state index is -1.50. The Kier molecular flexibility index (Phi) is 8.05. The van der Waals surface area contributed by atoms with Crippen molar-refractivity contribution in [3.8, 4) is 0 Å². The van der Waals surface area contributed by atoms with Crippen LogP contribution in [0.25, 0.3) is 0 Å². The van der Waals surface area contributed by atoms with Crippen LogP contribution < -0.4 is 5.32 Å². The topological polar surface area (TPSA) is 146 Å². The van der Waals surface area contributed by atoms with Gasteiger partial charge in [0.15, 0.2) is 18.0 Å². The van der Waals surface area contributed by atoms with E-state index in [1.54, 1.807) is 25.4 Å². The highest BCUT2D eigenvalue weighted by atomic mass is 16.7. The standard InChI is InChI=1S/C36H48N2O9/c1-10-25-45-29-26-19(3)23(44-32(41)28(40)27(37-9)22-12-11-18(2)16-38-22)15-36(42,33(26,6)7)20(4)30-34(8,31(29)46-25)14-13-24-35(30,17-43-24)47-21(5)39/h10-14,16,20,23-25,27-31,37,40,42H,1,15,17H2,2-9H3/t20-,23-,24+,25+,27-,28-,29+,30-,31+,34+,35-,36+/m0/s1/i40T. The summed E-state index contributed by atoms with van der Waals surface area (Å²) in [4.78, 5) is 31.0. The third-order valence-electron chi connectivity index (χ3n) is 11.8. The summed E-state index contributed by atoms with van der Waals surface area (Å²) in [7, 11) is 1.66. The minimum Gasteiger partial charge on any atom is -0.456 e. The molecule has 1 aromatic heterocycles. The third-order valence-corrected chi connectivity index (χ3v) is 11.8. The molecule has 1 saturated carbocycles. The third kappa shape index (κ3) is 4.88. The molecular formula is C36H48N2O9. The number of likely N-dealkylation sites (N-methyl/N-ethyl adjacent to an activating group) is 1. The number of ether oxygens (including phenoxy) is 5. The molecule has 12 atom stereocenters. The number of fused-ring (bicyclic) bond motifs is 8. The predicted octanol–water partition coefficient (Wildman–Crippen LogP) is 3.24. The molecule has 0 spiro atoms. The number of nitrogens with zero attached hydrogens (tertiary/aromatic N) is 1. The normalized spacial score (nSPS) is 41.5. The fourth-order valence-electron chi connectivity index (χ4n) is 9.47. The van der Waals surface area contributed by atoms with Gasteiger partial charge >= 0.3 is 11.9 Å². The van der Waals surface area contributed by atoms with Gasteiger partial charge in [0.25, 0.3) is 0 Å². The van der Waals surface area contributed by atoms with Gasteiger partial charge < -0.3 is 39.2 Å². The molecule has 0 unspecified atom stereocenters. The summed E-state index contributed by atoms with van der Waals surface area (Å²) in [6.45, 7) is 17.3. The van der Waals surface area contributed by atoms with Crippen LogP contribution in [0.5, 0.6) is 0 Å². The lowest BCUT2D eigenvalue weighted by Crippen LogP contribution is -2.76. The number of aromatic nitrogens is 1. The zero-order valence-corrected chi connectivity index (χ0v) is 28.4. The average molecular weight is 655 g/mol. The molecular weight excluding hydrogens is 604 g/mol. The van der Waals surface area contributed by atoms with E-state index < -0.39 is 88.7 Å². The Hall–Kier alpha value is -2.93. The Bertz CT molecular complexity index is 1530. The van der Waals surface area contributed by atoms with Crippen molar-refractivity contribution in [1.82, 2.24) is 10.3 Å². The number of carbonyl (C=O) groups is 2. The van der Waals surface area contributed by atoms with Gasteiger partial charge in [-0.3, -0.25) is 9.78 Å². The van der Waals surface area contributed by atoms with E-state index >= 15 is 0 Å². The molecule has 0 aromatic carbocycles. The van der Waals surface area contributed by atoms with Crippen molar-refractivity contribution >= 4 is 11.9 Å². The Labute approximate surface area is 277 Å². The first-order chi connectivity index (χ1) is 22.6. The molecule has 47 heavy (non-hydrogen) atoms. The van der Waals surface area contributed by atoms with Gasteiger partial charge in [-0.2, -0.15) is 0 Å². The monoisotopic (exact) mass is 654 g/mol. The summed E-state index contributed by atoms with van der Waals surface area (Å²) in [6, 6.07) is 2.87. The second kappa shape index (κ2) is 11.6. The highest BCUT2D eigenvalue weighted by molar-refractivity contribution is 5.76. The largest absolute Gasteiger partial charge is 0.456 e. The van der Waals surface area contributed by atoms with E-state index in [1.165, 1.54) is 6.92 Å². The van der Waals surface area contributed by atoms with Crippen molar-refractivity contribution in [3.05, 3.63) is 65.5 Å². The number of aryl methyl sites for hydroxylation is 1. The molecule has 3 aliphatic carbocycles. The highest BCUT2D eigenvalue weighted by Gasteiger charge is 2.74. The molecule has 2 aliphatic heterocycles. The number of carbonyl (C=O) groups excluding carboxylic acids is 2. The van der Waals surface area contributed by atoms with Crippen LogP contribution in [0.1, 0.15) is 65.3 Å². The van der Waals surface area contributed by atoms with Crippen molar-refractivity contribution in [3.63, 3.8) is 0 Å². The van der Waals surface area contributed by atoms with E-state index in [0.29, 0.717) is 5.69 Å². The molecule has 0 radical (unpaired) electrons. The second-order valence-corrected chi connectivity index (χ2v) is 14.7. The van der Waals surface area contributed by atoms with Crippen LogP contribution in [-0.4, -0.2) is 90.2 Å². The molecule has 5 aliphatic rings. The summed E-state index contributed by atoms with van der Waals surface area (Å²) in [5.74, 6) is -2.24. The lowest BCUT2D eigenvalue weighted by atomic mass is 9.44. The minimum absolute atomic E-state index is 0.0427. The number of esters is 2. The van der Waals surface area contributed by atoms with E-state index in [4.69, 9.17) is 30.2 Å². The molecule has 11 heteroatoms. The average Bonchev–Trinajstić information content (AvgIpc) is 3.45. The van der Waals surface area contributed by atoms with Crippen LogP contribution in [0.15, 0.2) is 54.3 Å². The summed E-state index contributed by atoms with van der Waals surface area (Å²) in [5, 5.41) is 21.2. The number of hydrogen-bond acceptors (Lipinski definition) is 11. The Balaban J connectivity index is 1.47. The highest BCUT2D eigenvalue weighted by Crippen LogP contribution is 2.66. The molecule has 2 bridgehead atoms. The molecule has 0 amide bonds. The van der Waals surface area contributed by atoms with Crippen LogP contribution in [-0.2, 0) is 33.3 Å². The van der Waals surface area contributed by atoms with Crippen molar-refractivity contribution in [2.24, 2.45) is 22.7 Å². The van der Waals surface area contributed by atoms with Crippen LogP contribution >= 0.6 is 0 Å². The van der Waals surface area contributed by atoms with E-state index in [-0.39, 0.29) is 13.0 Å². The Morgan fingerprint density at radius 3 is 2.57 bits per heavy atom. The van der Waals surface area contributed by atoms with E-state index in [2.05, 4.69) is 29.9 Å². The molecule has 11 nitrogen and oxygen atoms in total. The quantitative estimate of drug-likeness (QED) is 0.281. The van der Waals surface area contributed by atoms with E-state index in [0.717, 1.165) is 16.7 Å². The van der Waals surface area contributed by atoms with Crippen LogP contribution in [0, 0.1) is 29.6 Å². The SMILES string of the molecule is [3H]O[C@H](C(=O)O[C@H]1C[C@@]2(O)[C@@H](C)[C@H]3[C@@](C)(C=C[C@H]4OC[C@]43OC(C)=O)[C@@H]3O[C@H](C=C)O[C@@H]3C(=C1C)C2(C)C)[C@@H](NC)c1ccc(C)cn1. The molecule has 256 valence electrons. The van der Waals surface area contributed by atoms with Gasteiger partial charge in [0.2, 0.25) is 1.43 Å². The summed E-state index contributed by atoms with van der Waals surface area (Å²) >= 11 is 0. The fourth-order valence-corrected chi connectivity index (χ4v) is 9.47. The van der Waals surface area contributed by atoms with Crippen LogP contribution in [0.4, 0.5) is 0 Å². The predicted molar refractivity (Wildman–Crippen MR) is 171 cm³/mol. The van der Waals surface area contributed by atoms with E-state index in [1.807, 2.05) is 46.8 Å². The van der Waals surface area contributed by atoms with Gasteiger partial charge in [-0.25, -0.2) is 4.79 Å². The lowest BCUT2D eigenvalue weighted by Gasteiger charge is -2.66. The molecule has 3 heterocycles. The van der Waals surface area contributed by atoms with Crippen molar-refractivity contribution in [1.29, 1.82) is 1.43 Å². The summed E-state index contributed by atoms with van der Waals surface area (Å²) in [5.41, 5.74) is -1.29. The first kappa shape index (κ1) is 32.6. The molecule has 3 fully saturated rings. The van der Waals surface area contributed by atoms with Crippen molar-refractivity contribution in [2.45, 2.75) is 109 Å². The number of rotatable bonds is 8. The van der Waals surface area contributed by atoms with Gasteiger partial charge in [0, 0.05) is 36.3 Å². The van der Waals surface area contributed by atoms with Crippen LogP contribution in [0.2, 0.25) is 0 Å². The number of pyridine rings is 1. The fraction of sp³-hybridized carbons (Fsp3) is 0.639. The van der Waals surface area contributed by atoms with Gasteiger partial charge in [0.1, 0.15) is 24.4 Å². The van der Waals surface area contributed by atoms with Crippen molar-refractivity contribution < 1.29 is 43.5 Å².